The van der Waals surface area contributed by atoms with Crippen LogP contribution in [0.2, 0.25) is 0 Å². The van der Waals surface area contributed by atoms with E-state index in [1.807, 2.05) is 66.9 Å². The number of Topliss-reactive ketones (excluding diaryl/α,β-unsaturated/α-hetero) is 1. The number of carbonyl (C=O) groups excluding carboxylic acids is 3. The van der Waals surface area contributed by atoms with Crippen LogP contribution in [0.3, 0.4) is 0 Å². The number of esters is 1. The van der Waals surface area contributed by atoms with Gasteiger partial charge in [0.15, 0.2) is 18.1 Å². The molecule has 1 N–H and O–H groups in total. The van der Waals surface area contributed by atoms with Gasteiger partial charge in [-0.3, -0.25) is 9.59 Å². The van der Waals surface area contributed by atoms with Crippen LogP contribution < -0.4 is 9.47 Å². The Bertz CT molecular complexity index is 1670. The number of hydrogen-bond acceptors (Lipinski definition) is 7. The van der Waals surface area contributed by atoms with Crippen molar-refractivity contribution >= 4 is 28.4 Å². The fourth-order valence-corrected chi connectivity index (χ4v) is 5.61. The molecule has 2 atom stereocenters. The van der Waals surface area contributed by atoms with Crippen molar-refractivity contribution in [1.82, 2.24) is 9.47 Å². The molecule has 4 aromatic rings. The molecule has 9 heteroatoms. The Morgan fingerprint density at radius 3 is 2.56 bits per heavy atom. The van der Waals surface area contributed by atoms with E-state index >= 15 is 0 Å². The molecule has 3 heterocycles. The molecule has 0 saturated carbocycles. The zero-order chi connectivity index (χ0) is 28.7. The average Bonchev–Trinajstić information content (AvgIpc) is 3.68. The first-order chi connectivity index (χ1) is 19.8. The Morgan fingerprint density at radius 2 is 1.73 bits per heavy atom. The first-order valence-electron chi connectivity index (χ1n) is 13.5. The summed E-state index contributed by atoms with van der Waals surface area (Å²) in [4.78, 5) is 40.9. The van der Waals surface area contributed by atoms with Crippen LogP contribution in [0.15, 0.2) is 66.7 Å². The van der Waals surface area contributed by atoms with Gasteiger partial charge in [-0.05, 0) is 60.5 Å². The number of rotatable bonds is 7. The van der Waals surface area contributed by atoms with Gasteiger partial charge in [0.1, 0.15) is 6.04 Å². The standard InChI is InChI=1S/C32H30N2O7/c1-19-11-26(20(2)33(19)15-21-7-10-29-30(12-21)41-18-40-29)28(36)17-39-32(38)27-14-25(35)16-34(27)31(37)24-9-8-22-5-3-4-6-23(22)13-24/h3-13,25,27,35H,14-18H2,1-2H3. The molecule has 1 saturated heterocycles. The van der Waals surface area contributed by atoms with Crippen molar-refractivity contribution in [3.8, 4) is 11.5 Å². The third kappa shape index (κ3) is 5.16. The summed E-state index contributed by atoms with van der Waals surface area (Å²) >= 11 is 0. The minimum absolute atomic E-state index is 0.0143. The first kappa shape index (κ1) is 26.6. The summed E-state index contributed by atoms with van der Waals surface area (Å²) in [6.07, 6.45) is -0.807. The van der Waals surface area contributed by atoms with Gasteiger partial charge in [-0.25, -0.2) is 4.79 Å². The van der Waals surface area contributed by atoms with Gasteiger partial charge in [-0.15, -0.1) is 0 Å². The summed E-state index contributed by atoms with van der Waals surface area (Å²) in [5, 5.41) is 12.2. The lowest BCUT2D eigenvalue weighted by atomic mass is 10.1. The Labute approximate surface area is 236 Å². The second kappa shape index (κ2) is 10.7. The zero-order valence-corrected chi connectivity index (χ0v) is 22.8. The molecule has 1 aromatic heterocycles. The van der Waals surface area contributed by atoms with E-state index in [-0.39, 0.29) is 31.4 Å². The van der Waals surface area contributed by atoms with Crippen molar-refractivity contribution in [3.05, 3.63) is 94.8 Å². The minimum atomic E-state index is -0.977. The quantitative estimate of drug-likeness (QED) is 0.271. The van der Waals surface area contributed by atoms with Gasteiger partial charge in [0.05, 0.1) is 6.10 Å². The molecule has 1 amide bonds. The molecule has 2 aliphatic heterocycles. The maximum atomic E-state index is 13.3. The SMILES string of the molecule is Cc1cc(C(=O)COC(=O)C2CC(O)CN2C(=O)c2ccc3ccccc3c2)c(C)n1Cc1ccc2c(c1)OCO2. The molecule has 1 fully saturated rings. The third-order valence-electron chi connectivity index (χ3n) is 7.81. The topological polar surface area (TPSA) is 107 Å². The van der Waals surface area contributed by atoms with Crippen molar-refractivity contribution in [3.63, 3.8) is 0 Å². The Morgan fingerprint density at radius 1 is 0.951 bits per heavy atom. The lowest BCUT2D eigenvalue weighted by Gasteiger charge is -2.23. The third-order valence-corrected chi connectivity index (χ3v) is 7.81. The van der Waals surface area contributed by atoms with Crippen LogP contribution in [-0.2, 0) is 16.1 Å². The van der Waals surface area contributed by atoms with E-state index in [9.17, 15) is 19.5 Å². The molecule has 3 aromatic carbocycles. The highest BCUT2D eigenvalue weighted by atomic mass is 16.7. The summed E-state index contributed by atoms with van der Waals surface area (Å²) in [5.41, 5.74) is 3.53. The number of fused-ring (bicyclic) bond motifs is 2. The number of aromatic nitrogens is 1. The van der Waals surface area contributed by atoms with E-state index in [2.05, 4.69) is 0 Å². The van der Waals surface area contributed by atoms with E-state index < -0.39 is 24.7 Å². The van der Waals surface area contributed by atoms with Crippen molar-refractivity contribution in [2.45, 2.75) is 39.0 Å². The van der Waals surface area contributed by atoms with Gasteiger partial charge in [0, 0.05) is 42.0 Å². The average molecular weight is 555 g/mol. The number of ether oxygens (including phenoxy) is 3. The van der Waals surface area contributed by atoms with Gasteiger partial charge < -0.3 is 28.8 Å². The Hall–Kier alpha value is -4.63. The molecule has 6 rings (SSSR count). The maximum absolute atomic E-state index is 13.3. The zero-order valence-electron chi connectivity index (χ0n) is 22.8. The van der Waals surface area contributed by atoms with Gasteiger partial charge >= 0.3 is 5.97 Å². The number of β-amino-alcohol motifs (C(OH)–C–C–N with tert-alkyl or cyclic N) is 1. The number of nitrogens with zero attached hydrogens (tertiary/aromatic N) is 2. The first-order valence-corrected chi connectivity index (χ1v) is 13.5. The predicted octanol–water partition coefficient (Wildman–Crippen LogP) is 4.04. The molecule has 0 bridgehead atoms. The van der Waals surface area contributed by atoms with Gasteiger partial charge in [-0.1, -0.05) is 36.4 Å². The Balaban J connectivity index is 1.12. The van der Waals surface area contributed by atoms with E-state index in [0.29, 0.717) is 29.2 Å². The minimum Gasteiger partial charge on any atom is -0.456 e. The molecule has 0 spiro atoms. The van der Waals surface area contributed by atoms with Crippen molar-refractivity contribution < 1.29 is 33.7 Å². The van der Waals surface area contributed by atoms with E-state index in [1.165, 1.54) is 4.90 Å². The number of aliphatic hydroxyl groups excluding tert-OH is 1. The summed E-state index contributed by atoms with van der Waals surface area (Å²) < 4.78 is 18.3. The van der Waals surface area contributed by atoms with Crippen molar-refractivity contribution in [2.24, 2.45) is 0 Å². The summed E-state index contributed by atoms with van der Waals surface area (Å²) in [5.74, 6) is -0.0155. The lowest BCUT2D eigenvalue weighted by Crippen LogP contribution is -2.42. The molecule has 0 aliphatic carbocycles. The number of amides is 1. The van der Waals surface area contributed by atoms with Gasteiger partial charge in [-0.2, -0.15) is 0 Å². The highest BCUT2D eigenvalue weighted by molar-refractivity contribution is 6.02. The monoisotopic (exact) mass is 554 g/mol. The smallest absolute Gasteiger partial charge is 0.329 e. The number of aliphatic hydroxyl groups is 1. The maximum Gasteiger partial charge on any atom is 0.329 e. The van der Waals surface area contributed by atoms with E-state index in [4.69, 9.17) is 14.2 Å². The van der Waals surface area contributed by atoms with Crippen molar-refractivity contribution in [2.75, 3.05) is 19.9 Å². The summed E-state index contributed by atoms with van der Waals surface area (Å²) in [7, 11) is 0. The fourth-order valence-electron chi connectivity index (χ4n) is 5.61. The van der Waals surface area contributed by atoms with E-state index in [0.717, 1.165) is 27.7 Å². The number of likely N-dealkylation sites (tertiary alicyclic amines) is 1. The van der Waals surface area contributed by atoms with Crippen molar-refractivity contribution in [1.29, 1.82) is 0 Å². The van der Waals surface area contributed by atoms with Crippen LogP contribution in [-0.4, -0.2) is 64.3 Å². The molecular formula is C32H30N2O7. The number of ketones is 1. The molecular weight excluding hydrogens is 524 g/mol. The second-order valence-electron chi connectivity index (χ2n) is 10.5. The van der Waals surface area contributed by atoms with E-state index in [1.54, 1.807) is 18.2 Å². The summed E-state index contributed by atoms with van der Waals surface area (Å²) in [6.45, 7) is 4.06. The highest BCUT2D eigenvalue weighted by Gasteiger charge is 2.40. The molecule has 9 nitrogen and oxygen atoms in total. The molecule has 2 aliphatic rings. The molecule has 41 heavy (non-hydrogen) atoms. The molecule has 2 unspecified atom stereocenters. The van der Waals surface area contributed by atoms with Crippen LogP contribution in [0, 0.1) is 13.8 Å². The lowest BCUT2D eigenvalue weighted by molar-refractivity contribution is -0.147. The van der Waals surface area contributed by atoms with Crippen LogP contribution in [0.1, 0.15) is 44.1 Å². The normalized spacial score (nSPS) is 17.7. The number of aryl methyl sites for hydroxylation is 1. The van der Waals surface area contributed by atoms with Crippen LogP contribution >= 0.6 is 0 Å². The molecule has 0 radical (unpaired) electrons. The Kier molecular flexibility index (Phi) is 6.96. The predicted molar refractivity (Wildman–Crippen MR) is 150 cm³/mol. The largest absolute Gasteiger partial charge is 0.456 e. The van der Waals surface area contributed by atoms with Gasteiger partial charge in [0.25, 0.3) is 5.91 Å². The highest BCUT2D eigenvalue weighted by Crippen LogP contribution is 2.33. The summed E-state index contributed by atoms with van der Waals surface area (Å²) in [6, 6.07) is 19.6. The van der Waals surface area contributed by atoms with Crippen LogP contribution in [0.4, 0.5) is 0 Å². The van der Waals surface area contributed by atoms with Gasteiger partial charge in [0.2, 0.25) is 12.6 Å². The number of carbonyl (C=O) groups is 3. The number of benzene rings is 3. The van der Waals surface area contributed by atoms with Crippen LogP contribution in [0.25, 0.3) is 10.8 Å². The second-order valence-corrected chi connectivity index (χ2v) is 10.5. The van der Waals surface area contributed by atoms with Crippen LogP contribution in [0.5, 0.6) is 11.5 Å². The molecule has 210 valence electrons. The fraction of sp³-hybridized carbons (Fsp3) is 0.281. The number of hydrogen-bond donors (Lipinski definition) is 1.